The Kier molecular flexibility index (Phi) is 3.85. The molecular weight excluding hydrogens is 228 g/mol. The molecule has 6 nitrogen and oxygen atoms in total. The van der Waals surface area contributed by atoms with E-state index in [9.17, 15) is 0 Å². The van der Waals surface area contributed by atoms with Crippen LogP contribution in [-0.2, 0) is 6.42 Å². The summed E-state index contributed by atoms with van der Waals surface area (Å²) >= 11 is 0. The number of likely N-dealkylation sites (tertiary alicyclic amines) is 1. The molecule has 18 heavy (non-hydrogen) atoms. The SMILES string of the molecule is C1CCC(N2CCC(Cc3nn[nH]n3)CC2)NC1. The van der Waals surface area contributed by atoms with E-state index in [0.717, 1.165) is 18.2 Å². The van der Waals surface area contributed by atoms with Crippen LogP contribution < -0.4 is 5.32 Å². The summed E-state index contributed by atoms with van der Waals surface area (Å²) in [6, 6.07) is 0. The molecule has 3 heterocycles. The van der Waals surface area contributed by atoms with E-state index in [-0.39, 0.29) is 0 Å². The quantitative estimate of drug-likeness (QED) is 0.820. The van der Waals surface area contributed by atoms with Crippen molar-refractivity contribution in [2.24, 2.45) is 5.92 Å². The number of hydrogen-bond acceptors (Lipinski definition) is 5. The fourth-order valence-electron chi connectivity index (χ4n) is 3.14. The van der Waals surface area contributed by atoms with Crippen LogP contribution in [0.25, 0.3) is 0 Å². The Morgan fingerprint density at radius 2 is 2.06 bits per heavy atom. The van der Waals surface area contributed by atoms with Crippen molar-refractivity contribution in [3.63, 3.8) is 0 Å². The van der Waals surface area contributed by atoms with Crippen molar-refractivity contribution in [3.05, 3.63) is 5.82 Å². The van der Waals surface area contributed by atoms with Crippen LogP contribution in [0.3, 0.4) is 0 Å². The second-order valence-corrected chi connectivity index (χ2v) is 5.48. The summed E-state index contributed by atoms with van der Waals surface area (Å²) in [4.78, 5) is 2.62. The Hall–Kier alpha value is -1.01. The van der Waals surface area contributed by atoms with Crippen LogP contribution in [0.5, 0.6) is 0 Å². The van der Waals surface area contributed by atoms with Gasteiger partial charge in [0.15, 0.2) is 5.82 Å². The number of tetrazole rings is 1. The predicted octanol–water partition coefficient (Wildman–Crippen LogP) is 0.554. The molecule has 2 saturated heterocycles. The van der Waals surface area contributed by atoms with Crippen LogP contribution in [0.2, 0.25) is 0 Å². The minimum atomic E-state index is 0.630. The van der Waals surface area contributed by atoms with Crippen LogP contribution in [0.15, 0.2) is 0 Å². The summed E-state index contributed by atoms with van der Waals surface area (Å²) < 4.78 is 0. The molecule has 0 saturated carbocycles. The number of nitrogens with zero attached hydrogens (tertiary/aromatic N) is 4. The van der Waals surface area contributed by atoms with Crippen molar-refractivity contribution in [3.8, 4) is 0 Å². The molecule has 2 N–H and O–H groups in total. The van der Waals surface area contributed by atoms with E-state index in [2.05, 4.69) is 30.8 Å². The number of rotatable bonds is 3. The molecule has 0 aliphatic carbocycles. The number of aromatic amines is 1. The summed E-state index contributed by atoms with van der Waals surface area (Å²) in [5.41, 5.74) is 0. The van der Waals surface area contributed by atoms with Crippen molar-refractivity contribution < 1.29 is 0 Å². The van der Waals surface area contributed by atoms with E-state index in [1.165, 1.54) is 51.7 Å². The average Bonchev–Trinajstić information content (AvgIpc) is 2.94. The van der Waals surface area contributed by atoms with Gasteiger partial charge in [-0.2, -0.15) is 5.21 Å². The van der Waals surface area contributed by atoms with Crippen LogP contribution >= 0.6 is 0 Å². The van der Waals surface area contributed by atoms with Crippen molar-refractivity contribution in [1.82, 2.24) is 30.8 Å². The fourth-order valence-corrected chi connectivity index (χ4v) is 3.14. The van der Waals surface area contributed by atoms with Crippen LogP contribution in [0.1, 0.15) is 37.9 Å². The normalized spacial score (nSPS) is 27.4. The Morgan fingerprint density at radius 1 is 1.17 bits per heavy atom. The van der Waals surface area contributed by atoms with Gasteiger partial charge in [0.2, 0.25) is 0 Å². The summed E-state index contributed by atoms with van der Waals surface area (Å²) in [5, 5.41) is 17.9. The van der Waals surface area contributed by atoms with Gasteiger partial charge in [0, 0.05) is 6.42 Å². The number of piperidine rings is 2. The summed E-state index contributed by atoms with van der Waals surface area (Å²) in [6.45, 7) is 3.60. The van der Waals surface area contributed by atoms with Gasteiger partial charge in [-0.3, -0.25) is 4.90 Å². The number of aromatic nitrogens is 4. The molecule has 0 spiro atoms. The Bertz CT molecular complexity index is 337. The van der Waals surface area contributed by atoms with Crippen LogP contribution in [-0.4, -0.2) is 51.3 Å². The van der Waals surface area contributed by atoms with Gasteiger partial charge in [0.1, 0.15) is 0 Å². The number of nitrogens with one attached hydrogen (secondary N) is 2. The zero-order chi connectivity index (χ0) is 12.2. The second-order valence-electron chi connectivity index (χ2n) is 5.48. The summed E-state index contributed by atoms with van der Waals surface area (Å²) in [6.07, 6.45) is 8.15. The molecule has 6 heteroatoms. The van der Waals surface area contributed by atoms with Crippen molar-refractivity contribution in [2.45, 2.75) is 44.7 Å². The van der Waals surface area contributed by atoms with E-state index < -0.39 is 0 Å². The van der Waals surface area contributed by atoms with Gasteiger partial charge < -0.3 is 5.32 Å². The standard InChI is InChI=1S/C12H22N6/c1-2-6-13-12(3-1)18-7-4-10(5-8-18)9-11-14-16-17-15-11/h10,12-13H,1-9H2,(H,14,15,16,17). The molecule has 0 aromatic carbocycles. The minimum absolute atomic E-state index is 0.630. The maximum Gasteiger partial charge on any atom is 0.174 e. The fraction of sp³-hybridized carbons (Fsp3) is 0.917. The van der Waals surface area contributed by atoms with Crippen LogP contribution in [0.4, 0.5) is 0 Å². The zero-order valence-electron chi connectivity index (χ0n) is 10.8. The molecule has 0 radical (unpaired) electrons. The monoisotopic (exact) mass is 250 g/mol. The summed E-state index contributed by atoms with van der Waals surface area (Å²) in [5.74, 6) is 1.59. The molecule has 0 bridgehead atoms. The topological polar surface area (TPSA) is 69.7 Å². The molecule has 2 fully saturated rings. The van der Waals surface area contributed by atoms with E-state index >= 15 is 0 Å². The largest absolute Gasteiger partial charge is 0.302 e. The highest BCUT2D eigenvalue weighted by Gasteiger charge is 2.26. The molecule has 1 aromatic rings. The molecule has 100 valence electrons. The van der Waals surface area contributed by atoms with Gasteiger partial charge in [0.05, 0.1) is 6.17 Å². The maximum atomic E-state index is 4.05. The Balaban J connectivity index is 1.45. The molecule has 1 unspecified atom stereocenters. The molecule has 1 atom stereocenters. The lowest BCUT2D eigenvalue weighted by molar-refractivity contribution is 0.0924. The lowest BCUT2D eigenvalue weighted by Crippen LogP contribution is -2.51. The van der Waals surface area contributed by atoms with Gasteiger partial charge in [0.25, 0.3) is 0 Å². The van der Waals surface area contributed by atoms with Gasteiger partial charge in [-0.15, -0.1) is 10.2 Å². The average molecular weight is 250 g/mol. The first-order chi connectivity index (χ1) is 8.92. The molecule has 3 rings (SSSR count). The van der Waals surface area contributed by atoms with Crippen molar-refractivity contribution in [1.29, 1.82) is 0 Å². The van der Waals surface area contributed by atoms with Gasteiger partial charge in [-0.1, -0.05) is 5.21 Å². The van der Waals surface area contributed by atoms with Crippen LogP contribution in [0, 0.1) is 5.92 Å². The lowest BCUT2D eigenvalue weighted by atomic mass is 9.92. The van der Waals surface area contributed by atoms with Gasteiger partial charge in [-0.05, 0) is 57.7 Å². The van der Waals surface area contributed by atoms with E-state index in [4.69, 9.17) is 0 Å². The highest BCUT2D eigenvalue weighted by Crippen LogP contribution is 2.23. The third-order valence-corrected chi connectivity index (χ3v) is 4.23. The van der Waals surface area contributed by atoms with E-state index in [1.807, 2.05) is 0 Å². The highest BCUT2D eigenvalue weighted by molar-refractivity contribution is 4.85. The van der Waals surface area contributed by atoms with Crippen molar-refractivity contribution in [2.75, 3.05) is 19.6 Å². The maximum absolute atomic E-state index is 4.05. The summed E-state index contributed by atoms with van der Waals surface area (Å²) in [7, 11) is 0. The first-order valence-corrected chi connectivity index (χ1v) is 7.11. The molecule has 0 amide bonds. The van der Waals surface area contributed by atoms with Gasteiger partial charge >= 0.3 is 0 Å². The van der Waals surface area contributed by atoms with E-state index in [1.54, 1.807) is 0 Å². The smallest absolute Gasteiger partial charge is 0.174 e. The Morgan fingerprint density at radius 3 is 2.72 bits per heavy atom. The van der Waals surface area contributed by atoms with Crippen molar-refractivity contribution >= 4 is 0 Å². The highest BCUT2D eigenvalue weighted by atomic mass is 15.5. The third-order valence-electron chi connectivity index (χ3n) is 4.23. The number of hydrogen-bond donors (Lipinski definition) is 2. The molecule has 1 aromatic heterocycles. The number of H-pyrrole nitrogens is 1. The lowest BCUT2D eigenvalue weighted by Gasteiger charge is -2.39. The first-order valence-electron chi connectivity index (χ1n) is 7.11. The predicted molar refractivity (Wildman–Crippen MR) is 67.8 cm³/mol. The zero-order valence-corrected chi connectivity index (χ0v) is 10.8. The first kappa shape index (κ1) is 12.0. The third kappa shape index (κ3) is 2.87. The van der Waals surface area contributed by atoms with E-state index in [0.29, 0.717) is 6.17 Å². The Labute approximate surface area is 108 Å². The second kappa shape index (κ2) is 5.75. The van der Waals surface area contributed by atoms with Gasteiger partial charge in [-0.25, -0.2) is 0 Å². The molecule has 2 aliphatic heterocycles. The minimum Gasteiger partial charge on any atom is -0.302 e. The molecular formula is C12H22N6. The molecule has 2 aliphatic rings.